The van der Waals surface area contributed by atoms with Gasteiger partial charge in [-0.15, -0.1) is 0 Å². The second kappa shape index (κ2) is 5.47. The van der Waals surface area contributed by atoms with Crippen LogP contribution in [-0.2, 0) is 9.47 Å². The minimum atomic E-state index is -0.908. The normalized spacial score (nSPS) is 23.5. The van der Waals surface area contributed by atoms with Crippen LogP contribution in [0.4, 0.5) is 0 Å². The van der Waals surface area contributed by atoms with Gasteiger partial charge in [0.2, 0.25) is 0 Å². The molecule has 6 nitrogen and oxygen atoms in total. The lowest BCUT2D eigenvalue weighted by atomic mass is 9.80. The van der Waals surface area contributed by atoms with Crippen molar-refractivity contribution < 1.29 is 28.5 Å². The molecule has 0 radical (unpaired) electrons. The Morgan fingerprint density at radius 1 is 1.04 bits per heavy atom. The molecule has 0 fully saturated rings. The van der Waals surface area contributed by atoms with E-state index in [1.165, 1.54) is 21.3 Å². The average molecular weight is 318 g/mol. The summed E-state index contributed by atoms with van der Waals surface area (Å²) in [5.74, 6) is -0.572. The van der Waals surface area contributed by atoms with E-state index in [2.05, 4.69) is 0 Å². The molecule has 0 N–H and O–H groups in total. The number of carbonyl (C=O) groups is 2. The molecule has 1 atom stereocenters. The summed E-state index contributed by atoms with van der Waals surface area (Å²) in [5.41, 5.74) is 1.38. The molecule has 1 aromatic carbocycles. The average Bonchev–Trinajstić information content (AvgIpc) is 2.58. The highest BCUT2D eigenvalue weighted by atomic mass is 16.7. The van der Waals surface area contributed by atoms with Crippen LogP contribution >= 0.6 is 0 Å². The fraction of sp³-hybridized carbons (Fsp3) is 0.412. The Morgan fingerprint density at radius 2 is 1.78 bits per heavy atom. The molecule has 0 spiro atoms. The molecule has 0 bridgehead atoms. The molecule has 0 amide bonds. The van der Waals surface area contributed by atoms with Gasteiger partial charge < -0.3 is 18.9 Å². The highest BCUT2D eigenvalue weighted by molar-refractivity contribution is 6.28. The third-order valence-electron chi connectivity index (χ3n) is 4.37. The van der Waals surface area contributed by atoms with Crippen LogP contribution in [0.3, 0.4) is 0 Å². The summed E-state index contributed by atoms with van der Waals surface area (Å²) in [7, 11) is 4.47. The predicted octanol–water partition coefficient (Wildman–Crippen LogP) is 2.16. The first kappa shape index (κ1) is 15.7. The van der Waals surface area contributed by atoms with E-state index < -0.39 is 5.79 Å². The highest BCUT2D eigenvalue weighted by Crippen LogP contribution is 2.41. The Balaban J connectivity index is 2.16. The van der Waals surface area contributed by atoms with Gasteiger partial charge in [0.15, 0.2) is 17.4 Å². The Morgan fingerprint density at radius 3 is 2.39 bits per heavy atom. The molecule has 0 saturated carbocycles. The number of Topliss-reactive ketones (excluding diaryl/α,β-unsaturated/α-hetero) is 2. The molecule has 3 rings (SSSR count). The van der Waals surface area contributed by atoms with E-state index in [1.807, 2.05) is 0 Å². The lowest BCUT2D eigenvalue weighted by Crippen LogP contribution is -2.41. The van der Waals surface area contributed by atoms with Crippen molar-refractivity contribution in [2.24, 2.45) is 0 Å². The Kier molecular flexibility index (Phi) is 3.74. The number of hydrogen-bond donors (Lipinski definition) is 0. The number of carbonyl (C=O) groups excluding carboxylic acids is 2. The van der Waals surface area contributed by atoms with Crippen molar-refractivity contribution >= 4 is 11.6 Å². The van der Waals surface area contributed by atoms with Gasteiger partial charge in [-0.25, -0.2) is 0 Å². The predicted molar refractivity (Wildman–Crippen MR) is 81.2 cm³/mol. The number of ether oxygens (including phenoxy) is 4. The fourth-order valence-electron chi connectivity index (χ4n) is 2.94. The smallest absolute Gasteiger partial charge is 0.196 e. The number of ketones is 2. The van der Waals surface area contributed by atoms with Gasteiger partial charge in [-0.1, -0.05) is 0 Å². The van der Waals surface area contributed by atoms with Gasteiger partial charge in [0.05, 0.1) is 26.4 Å². The second-order valence-electron chi connectivity index (χ2n) is 5.67. The lowest BCUT2D eigenvalue weighted by Gasteiger charge is -2.36. The van der Waals surface area contributed by atoms with E-state index in [4.69, 9.17) is 18.9 Å². The van der Waals surface area contributed by atoms with E-state index in [9.17, 15) is 9.59 Å². The number of hydrogen-bond acceptors (Lipinski definition) is 6. The van der Waals surface area contributed by atoms with Crippen LogP contribution in [0.25, 0.3) is 0 Å². The van der Waals surface area contributed by atoms with Crippen LogP contribution in [0, 0.1) is 0 Å². The Hall–Kier alpha value is -2.18. The van der Waals surface area contributed by atoms with Crippen molar-refractivity contribution in [2.45, 2.75) is 19.1 Å². The van der Waals surface area contributed by atoms with E-state index in [1.54, 1.807) is 19.1 Å². The Labute approximate surface area is 134 Å². The van der Waals surface area contributed by atoms with Gasteiger partial charge in [0.1, 0.15) is 11.5 Å². The summed E-state index contributed by atoms with van der Waals surface area (Å²) >= 11 is 0. The minimum absolute atomic E-state index is 0.0405. The number of fused-ring (bicyclic) bond motifs is 1. The first-order valence-corrected chi connectivity index (χ1v) is 7.20. The molecule has 122 valence electrons. The summed E-state index contributed by atoms with van der Waals surface area (Å²) in [5, 5.41) is 0. The first-order valence-electron chi connectivity index (χ1n) is 7.20. The van der Waals surface area contributed by atoms with E-state index in [0.29, 0.717) is 28.2 Å². The molecule has 2 aliphatic rings. The van der Waals surface area contributed by atoms with Crippen molar-refractivity contribution in [1.82, 2.24) is 0 Å². The monoisotopic (exact) mass is 318 g/mol. The SMILES string of the molecule is COc1cc(OC)c2c(c1)C(=O)C1=C(CO[C@@](C)(OC)C1)C2=O. The van der Waals surface area contributed by atoms with E-state index >= 15 is 0 Å². The zero-order chi connectivity index (χ0) is 16.8. The molecule has 1 aromatic rings. The molecule has 1 heterocycles. The molecule has 0 aromatic heterocycles. The van der Waals surface area contributed by atoms with Crippen LogP contribution in [0.1, 0.15) is 34.1 Å². The highest BCUT2D eigenvalue weighted by Gasteiger charge is 2.42. The van der Waals surface area contributed by atoms with Crippen molar-refractivity contribution in [3.63, 3.8) is 0 Å². The van der Waals surface area contributed by atoms with Crippen LogP contribution in [0.5, 0.6) is 11.5 Å². The zero-order valence-electron chi connectivity index (χ0n) is 13.5. The van der Waals surface area contributed by atoms with Crippen molar-refractivity contribution in [3.8, 4) is 11.5 Å². The van der Waals surface area contributed by atoms with Gasteiger partial charge in [0.25, 0.3) is 0 Å². The molecule has 6 heteroatoms. The van der Waals surface area contributed by atoms with Crippen molar-refractivity contribution in [3.05, 3.63) is 34.4 Å². The van der Waals surface area contributed by atoms with E-state index in [-0.39, 0.29) is 30.2 Å². The third kappa shape index (κ3) is 2.34. The standard InChI is InChI=1S/C17H18O6/c1-17(22-4)7-11-12(8-23-17)16(19)14-10(15(11)18)5-9(20-2)6-13(14)21-3/h5-6H,7-8H2,1-4H3/t17-/m1/s1. The molecular formula is C17H18O6. The third-order valence-corrected chi connectivity index (χ3v) is 4.37. The van der Waals surface area contributed by atoms with Gasteiger partial charge in [-0.05, 0) is 13.0 Å². The molecule has 0 saturated heterocycles. The van der Waals surface area contributed by atoms with Crippen molar-refractivity contribution in [1.29, 1.82) is 0 Å². The van der Waals surface area contributed by atoms with Gasteiger partial charge in [-0.3, -0.25) is 9.59 Å². The molecule has 23 heavy (non-hydrogen) atoms. The molecule has 1 aliphatic carbocycles. The molecule has 1 aliphatic heterocycles. The van der Waals surface area contributed by atoms with Crippen LogP contribution in [0.15, 0.2) is 23.3 Å². The quantitative estimate of drug-likeness (QED) is 0.850. The molecular weight excluding hydrogens is 300 g/mol. The summed E-state index contributed by atoms with van der Waals surface area (Å²) < 4.78 is 21.4. The second-order valence-corrected chi connectivity index (χ2v) is 5.67. The van der Waals surface area contributed by atoms with Gasteiger partial charge >= 0.3 is 0 Å². The number of rotatable bonds is 3. The fourth-order valence-corrected chi connectivity index (χ4v) is 2.94. The van der Waals surface area contributed by atoms with E-state index in [0.717, 1.165) is 0 Å². The summed E-state index contributed by atoms with van der Waals surface area (Å²) in [6.07, 6.45) is 0.225. The minimum Gasteiger partial charge on any atom is -0.497 e. The largest absolute Gasteiger partial charge is 0.497 e. The van der Waals surface area contributed by atoms with Crippen molar-refractivity contribution in [2.75, 3.05) is 27.9 Å². The zero-order valence-corrected chi connectivity index (χ0v) is 13.5. The first-order chi connectivity index (χ1) is 10.9. The maximum absolute atomic E-state index is 12.9. The summed E-state index contributed by atoms with van der Waals surface area (Å²) in [4.78, 5) is 25.7. The van der Waals surface area contributed by atoms with Gasteiger partial charge in [-0.2, -0.15) is 0 Å². The van der Waals surface area contributed by atoms with Crippen LogP contribution in [0.2, 0.25) is 0 Å². The van der Waals surface area contributed by atoms with Gasteiger partial charge in [0, 0.05) is 36.3 Å². The topological polar surface area (TPSA) is 71.1 Å². The Bertz CT molecular complexity index is 733. The van der Waals surface area contributed by atoms with Crippen LogP contribution < -0.4 is 9.47 Å². The maximum atomic E-state index is 12.9. The number of methoxy groups -OCH3 is 3. The van der Waals surface area contributed by atoms with Crippen LogP contribution in [-0.4, -0.2) is 45.3 Å². The molecule has 0 unspecified atom stereocenters. The number of benzene rings is 1. The lowest BCUT2D eigenvalue weighted by molar-refractivity contribution is -0.208. The maximum Gasteiger partial charge on any atom is 0.196 e. The summed E-state index contributed by atoms with van der Waals surface area (Å²) in [6, 6.07) is 3.17. The summed E-state index contributed by atoms with van der Waals surface area (Å²) in [6.45, 7) is 1.79.